The number of hydrogen-bond acceptors (Lipinski definition) is 4. The molecule has 0 aliphatic rings. The second-order valence-electron chi connectivity index (χ2n) is 8.92. The van der Waals surface area contributed by atoms with Gasteiger partial charge in [0.15, 0.2) is 12.6 Å². The van der Waals surface area contributed by atoms with E-state index in [4.69, 9.17) is 18.9 Å². The van der Waals surface area contributed by atoms with Crippen molar-refractivity contribution in [1.82, 2.24) is 0 Å². The monoisotopic (exact) mass is 456 g/mol. The van der Waals surface area contributed by atoms with E-state index in [-0.39, 0.29) is 6.79 Å². The molecule has 0 amide bonds. The summed E-state index contributed by atoms with van der Waals surface area (Å²) in [7, 11) is 0. The maximum atomic E-state index is 6.13. The highest BCUT2D eigenvalue weighted by atomic mass is 16.7. The van der Waals surface area contributed by atoms with Crippen LogP contribution in [0.4, 0.5) is 0 Å². The van der Waals surface area contributed by atoms with Gasteiger partial charge in [-0.2, -0.15) is 0 Å². The van der Waals surface area contributed by atoms with E-state index < -0.39 is 0 Å². The van der Waals surface area contributed by atoms with Crippen molar-refractivity contribution in [2.45, 2.75) is 143 Å². The minimum Gasteiger partial charge on any atom is -0.491 e. The molecule has 0 aliphatic carbocycles. The lowest BCUT2D eigenvalue weighted by Gasteiger charge is -2.18. The Morgan fingerprint density at radius 3 is 1.53 bits per heavy atom. The minimum atomic E-state index is 0.245. The Bertz CT molecular complexity index is 395. The first-order valence-electron chi connectivity index (χ1n) is 14.0. The van der Waals surface area contributed by atoms with E-state index in [9.17, 15) is 0 Å². The summed E-state index contributed by atoms with van der Waals surface area (Å²) in [6.07, 6.45) is 21.7. The fourth-order valence-electron chi connectivity index (χ4n) is 3.53. The van der Waals surface area contributed by atoms with E-state index in [2.05, 4.69) is 27.7 Å². The van der Waals surface area contributed by atoms with Crippen molar-refractivity contribution >= 4 is 0 Å². The van der Waals surface area contributed by atoms with Crippen LogP contribution < -0.4 is 0 Å². The van der Waals surface area contributed by atoms with Crippen LogP contribution in [0.3, 0.4) is 0 Å². The number of unbranched alkanes of at least 4 members (excludes halogenated alkanes) is 13. The molecule has 0 heterocycles. The summed E-state index contributed by atoms with van der Waals surface area (Å²) in [6, 6.07) is 0. The number of rotatable bonds is 26. The SMILES string of the molecule is CCCCCCCCCCOCOC(OCCCCC)=C(CCCCC)OCCCCC. The van der Waals surface area contributed by atoms with E-state index in [0.29, 0.717) is 12.6 Å². The lowest BCUT2D eigenvalue weighted by atomic mass is 10.1. The fourth-order valence-corrected chi connectivity index (χ4v) is 3.53. The van der Waals surface area contributed by atoms with E-state index in [1.807, 2.05) is 0 Å². The summed E-state index contributed by atoms with van der Waals surface area (Å²) in [5, 5.41) is 0. The quantitative estimate of drug-likeness (QED) is 0.0738. The third-order valence-electron chi connectivity index (χ3n) is 5.66. The molecule has 0 aromatic carbocycles. The second-order valence-corrected chi connectivity index (χ2v) is 8.92. The predicted octanol–water partition coefficient (Wildman–Crippen LogP) is 9.28. The molecule has 0 unspecified atom stereocenters. The van der Waals surface area contributed by atoms with Crippen molar-refractivity contribution in [2.75, 3.05) is 26.6 Å². The zero-order valence-corrected chi connectivity index (χ0v) is 22.2. The molecule has 0 atom stereocenters. The summed E-state index contributed by atoms with van der Waals surface area (Å²) in [6.45, 7) is 11.3. The maximum Gasteiger partial charge on any atom is 0.321 e. The average molecular weight is 457 g/mol. The summed E-state index contributed by atoms with van der Waals surface area (Å²) in [4.78, 5) is 0. The van der Waals surface area contributed by atoms with Crippen LogP contribution in [-0.2, 0) is 18.9 Å². The van der Waals surface area contributed by atoms with Gasteiger partial charge in [-0.05, 0) is 25.7 Å². The molecule has 0 spiro atoms. The normalized spacial score (nSPS) is 12.0. The van der Waals surface area contributed by atoms with Crippen molar-refractivity contribution in [1.29, 1.82) is 0 Å². The van der Waals surface area contributed by atoms with E-state index in [1.165, 1.54) is 83.5 Å². The zero-order chi connectivity index (χ0) is 23.5. The van der Waals surface area contributed by atoms with Gasteiger partial charge in [0, 0.05) is 6.42 Å². The standard InChI is InChI=1S/C28H56O4/c1-5-9-13-14-15-16-17-21-23-29-26-32-28(31-25-20-12-8-4)27(22-18-10-6-2)30-24-19-11-7-3/h5-26H2,1-4H3. The largest absolute Gasteiger partial charge is 0.491 e. The maximum absolute atomic E-state index is 6.13. The van der Waals surface area contributed by atoms with E-state index >= 15 is 0 Å². The van der Waals surface area contributed by atoms with Crippen molar-refractivity contribution in [3.05, 3.63) is 11.7 Å². The van der Waals surface area contributed by atoms with Gasteiger partial charge in [-0.25, -0.2) is 0 Å². The number of ether oxygens (including phenoxy) is 4. The van der Waals surface area contributed by atoms with Crippen molar-refractivity contribution in [3.8, 4) is 0 Å². The molecule has 32 heavy (non-hydrogen) atoms. The Labute approximate surface area is 200 Å². The Morgan fingerprint density at radius 2 is 0.906 bits per heavy atom. The highest BCUT2D eigenvalue weighted by Gasteiger charge is 2.13. The van der Waals surface area contributed by atoms with Gasteiger partial charge in [0.2, 0.25) is 0 Å². The van der Waals surface area contributed by atoms with Crippen LogP contribution in [0.5, 0.6) is 0 Å². The molecule has 0 aromatic rings. The summed E-state index contributed by atoms with van der Waals surface area (Å²) >= 11 is 0. The van der Waals surface area contributed by atoms with Crippen LogP contribution in [0.25, 0.3) is 0 Å². The van der Waals surface area contributed by atoms with E-state index in [1.54, 1.807) is 0 Å². The first-order valence-corrected chi connectivity index (χ1v) is 14.0. The Balaban J connectivity index is 4.44. The van der Waals surface area contributed by atoms with Crippen LogP contribution in [0.2, 0.25) is 0 Å². The van der Waals surface area contributed by atoms with Gasteiger partial charge < -0.3 is 18.9 Å². The van der Waals surface area contributed by atoms with Gasteiger partial charge in [0.1, 0.15) is 0 Å². The van der Waals surface area contributed by atoms with Gasteiger partial charge in [0.25, 0.3) is 0 Å². The van der Waals surface area contributed by atoms with Crippen LogP contribution in [0.1, 0.15) is 143 Å². The zero-order valence-electron chi connectivity index (χ0n) is 22.2. The Morgan fingerprint density at radius 1 is 0.438 bits per heavy atom. The first-order chi connectivity index (χ1) is 15.8. The molecule has 0 bridgehead atoms. The molecular weight excluding hydrogens is 400 g/mol. The van der Waals surface area contributed by atoms with E-state index in [0.717, 1.165) is 51.1 Å². The predicted molar refractivity (Wildman–Crippen MR) is 137 cm³/mol. The molecule has 0 rings (SSSR count). The third-order valence-corrected chi connectivity index (χ3v) is 5.66. The van der Waals surface area contributed by atoms with Crippen molar-refractivity contribution in [2.24, 2.45) is 0 Å². The van der Waals surface area contributed by atoms with Crippen LogP contribution >= 0.6 is 0 Å². The highest BCUT2D eigenvalue weighted by Crippen LogP contribution is 2.19. The highest BCUT2D eigenvalue weighted by molar-refractivity contribution is 4.95. The molecule has 0 saturated heterocycles. The van der Waals surface area contributed by atoms with Crippen LogP contribution in [0, 0.1) is 0 Å². The number of allylic oxidation sites excluding steroid dienone is 1. The summed E-state index contributed by atoms with van der Waals surface area (Å²) in [5.41, 5.74) is 0. The smallest absolute Gasteiger partial charge is 0.321 e. The lowest BCUT2D eigenvalue weighted by molar-refractivity contribution is -0.0845. The molecule has 4 nitrogen and oxygen atoms in total. The molecule has 0 N–H and O–H groups in total. The molecule has 0 aromatic heterocycles. The molecule has 192 valence electrons. The molecule has 0 aliphatic heterocycles. The Kier molecular flexibility index (Phi) is 25.6. The Hall–Kier alpha value is -0.900. The first kappa shape index (κ1) is 31.1. The topological polar surface area (TPSA) is 36.9 Å². The molecular formula is C28H56O4. The summed E-state index contributed by atoms with van der Waals surface area (Å²) in [5.74, 6) is 1.44. The number of hydrogen-bond donors (Lipinski definition) is 0. The van der Waals surface area contributed by atoms with Crippen molar-refractivity contribution in [3.63, 3.8) is 0 Å². The lowest BCUT2D eigenvalue weighted by Crippen LogP contribution is -2.10. The average Bonchev–Trinajstić information content (AvgIpc) is 2.80. The van der Waals surface area contributed by atoms with Crippen LogP contribution in [-0.4, -0.2) is 26.6 Å². The molecule has 0 fully saturated rings. The van der Waals surface area contributed by atoms with Gasteiger partial charge in [0.05, 0.1) is 19.8 Å². The summed E-state index contributed by atoms with van der Waals surface area (Å²) < 4.78 is 23.9. The van der Waals surface area contributed by atoms with Gasteiger partial charge in [-0.1, -0.05) is 111 Å². The molecule has 0 saturated carbocycles. The third kappa shape index (κ3) is 21.0. The van der Waals surface area contributed by atoms with Gasteiger partial charge in [-0.3, -0.25) is 0 Å². The minimum absolute atomic E-state index is 0.245. The van der Waals surface area contributed by atoms with Crippen LogP contribution in [0.15, 0.2) is 11.7 Å². The van der Waals surface area contributed by atoms with Crippen molar-refractivity contribution < 1.29 is 18.9 Å². The second kappa shape index (κ2) is 26.4. The molecule has 4 heteroatoms. The fraction of sp³-hybridized carbons (Fsp3) is 0.929. The van der Waals surface area contributed by atoms with Gasteiger partial charge in [-0.15, -0.1) is 0 Å². The van der Waals surface area contributed by atoms with Gasteiger partial charge >= 0.3 is 5.95 Å². The molecule has 0 radical (unpaired) electrons.